The third kappa shape index (κ3) is 4.40. The number of fused-ring (bicyclic) bond motifs is 2. The lowest BCUT2D eigenvalue weighted by atomic mass is 9.95. The van der Waals surface area contributed by atoms with Gasteiger partial charge >= 0.3 is 5.97 Å². The number of aromatic nitrogens is 5. The van der Waals surface area contributed by atoms with Gasteiger partial charge in [0.15, 0.2) is 5.65 Å². The number of thiophene rings is 1. The molecule has 9 nitrogen and oxygen atoms in total. The molecule has 0 aliphatic heterocycles. The molecule has 1 atom stereocenters. The maximum absolute atomic E-state index is 14.0. The summed E-state index contributed by atoms with van der Waals surface area (Å²) in [5, 5.41) is 13.4. The van der Waals surface area contributed by atoms with E-state index in [-0.39, 0.29) is 18.0 Å². The van der Waals surface area contributed by atoms with E-state index < -0.39 is 0 Å². The molecule has 0 fully saturated rings. The van der Waals surface area contributed by atoms with E-state index in [1.165, 1.54) is 11.3 Å². The minimum absolute atomic E-state index is 0.198. The van der Waals surface area contributed by atoms with Gasteiger partial charge in [0.1, 0.15) is 5.00 Å². The Balaban J connectivity index is 1.62. The maximum Gasteiger partial charge on any atom is 0.341 e. The first-order valence-corrected chi connectivity index (χ1v) is 13.9. The molecule has 10 heteroatoms. The highest BCUT2D eigenvalue weighted by Crippen LogP contribution is 2.39. The maximum atomic E-state index is 14.0. The van der Waals surface area contributed by atoms with Crippen LogP contribution in [0, 0.1) is 20.8 Å². The van der Waals surface area contributed by atoms with Gasteiger partial charge in [0, 0.05) is 30.2 Å². The molecular formula is C28H34N6O3S. The van der Waals surface area contributed by atoms with Crippen LogP contribution >= 0.6 is 11.3 Å². The minimum atomic E-state index is -0.367. The molecule has 0 unspecified atom stereocenters. The fourth-order valence-corrected chi connectivity index (χ4v) is 6.53. The molecule has 0 spiro atoms. The fraction of sp³-hybridized carbons (Fsp3) is 0.464. The van der Waals surface area contributed by atoms with Gasteiger partial charge in [-0.25, -0.2) is 9.78 Å². The highest BCUT2D eigenvalue weighted by molar-refractivity contribution is 7.17. The number of esters is 1. The average Bonchev–Trinajstić information content (AvgIpc) is 3.47. The van der Waals surface area contributed by atoms with Crippen molar-refractivity contribution in [3.8, 4) is 11.3 Å². The van der Waals surface area contributed by atoms with Gasteiger partial charge in [-0.05, 0) is 71.4 Å². The highest BCUT2D eigenvalue weighted by Gasteiger charge is 2.29. The summed E-state index contributed by atoms with van der Waals surface area (Å²) in [6.07, 6.45) is 4.35. The Morgan fingerprint density at radius 3 is 2.50 bits per heavy atom. The second-order valence-corrected chi connectivity index (χ2v) is 11.2. The van der Waals surface area contributed by atoms with Gasteiger partial charge in [-0.15, -0.1) is 11.3 Å². The lowest BCUT2D eigenvalue weighted by molar-refractivity contribution is 0.0335. The summed E-state index contributed by atoms with van der Waals surface area (Å²) in [6.45, 7) is 9.67. The number of nitrogens with zero attached hydrogens (tertiary/aromatic N) is 5. The molecule has 4 aromatic rings. The fourth-order valence-electron chi connectivity index (χ4n) is 5.26. The molecule has 5 rings (SSSR count). The number of amides is 1. The lowest BCUT2D eigenvalue weighted by Crippen LogP contribution is -2.19. The van der Waals surface area contributed by atoms with E-state index in [0.29, 0.717) is 38.5 Å². The van der Waals surface area contributed by atoms with E-state index in [9.17, 15) is 9.59 Å². The molecule has 1 amide bonds. The van der Waals surface area contributed by atoms with E-state index in [1.54, 1.807) is 4.68 Å². The Bertz CT molecular complexity index is 1580. The molecule has 1 aliphatic rings. The molecule has 0 aromatic carbocycles. The van der Waals surface area contributed by atoms with Crippen molar-refractivity contribution >= 4 is 39.2 Å². The number of carbonyl (C=O) groups excluding carboxylic acids is 2. The molecule has 4 heterocycles. The zero-order valence-electron chi connectivity index (χ0n) is 23.1. The molecule has 0 saturated heterocycles. The number of rotatable bonds is 6. The molecule has 1 N–H and O–H groups in total. The number of nitrogens with one attached hydrogen (secondary N) is 1. The number of carbonyl (C=O) groups is 2. The molecule has 1 aliphatic carbocycles. The monoisotopic (exact) mass is 534 g/mol. The second-order valence-electron chi connectivity index (χ2n) is 10.1. The van der Waals surface area contributed by atoms with Crippen LogP contribution in [0.25, 0.3) is 22.3 Å². The van der Waals surface area contributed by atoms with Gasteiger partial charge in [-0.1, -0.05) is 6.92 Å². The Kier molecular flexibility index (Phi) is 6.85. The van der Waals surface area contributed by atoms with Gasteiger partial charge in [0.2, 0.25) is 0 Å². The zero-order chi connectivity index (χ0) is 27.3. The van der Waals surface area contributed by atoms with E-state index >= 15 is 0 Å². The lowest BCUT2D eigenvalue weighted by Gasteiger charge is -2.15. The minimum Gasteiger partial charge on any atom is -0.459 e. The van der Waals surface area contributed by atoms with Crippen LogP contribution in [0.3, 0.4) is 0 Å². The SMILES string of the molecule is CC[C@@H](C)OC(=O)c1c(NC(=O)c2cc(-c3c(C)nn(C)c3C)nc3c2c(C)nn3C)sc2c1CCCC2. The Hall–Kier alpha value is -3.53. The van der Waals surface area contributed by atoms with Crippen LogP contribution in [0.15, 0.2) is 6.07 Å². The van der Waals surface area contributed by atoms with Gasteiger partial charge in [-0.2, -0.15) is 10.2 Å². The highest BCUT2D eigenvalue weighted by atomic mass is 32.1. The number of aryl methyl sites for hydroxylation is 5. The van der Waals surface area contributed by atoms with Crippen LogP contribution in [0.4, 0.5) is 5.00 Å². The van der Waals surface area contributed by atoms with Crippen LogP contribution in [-0.4, -0.2) is 42.5 Å². The van der Waals surface area contributed by atoms with Gasteiger partial charge in [0.25, 0.3) is 5.91 Å². The largest absolute Gasteiger partial charge is 0.459 e. The topological polar surface area (TPSA) is 104 Å². The van der Waals surface area contributed by atoms with Crippen LogP contribution in [0.2, 0.25) is 0 Å². The predicted octanol–water partition coefficient (Wildman–Crippen LogP) is 5.44. The molecule has 200 valence electrons. The number of hydrogen-bond acceptors (Lipinski definition) is 7. The van der Waals surface area contributed by atoms with E-state index in [4.69, 9.17) is 9.72 Å². The molecular weight excluding hydrogens is 500 g/mol. The van der Waals surface area contributed by atoms with E-state index in [2.05, 4.69) is 15.5 Å². The Morgan fingerprint density at radius 2 is 1.82 bits per heavy atom. The van der Waals surface area contributed by atoms with Crippen molar-refractivity contribution < 1.29 is 14.3 Å². The summed E-state index contributed by atoms with van der Waals surface area (Å²) >= 11 is 1.49. The summed E-state index contributed by atoms with van der Waals surface area (Å²) in [4.78, 5) is 33.3. The number of ether oxygens (including phenoxy) is 1. The van der Waals surface area contributed by atoms with Crippen LogP contribution in [-0.2, 0) is 31.7 Å². The van der Waals surface area contributed by atoms with Crippen molar-refractivity contribution in [2.45, 2.75) is 72.8 Å². The normalized spacial score (nSPS) is 14.0. The Labute approximate surface area is 226 Å². The molecule has 38 heavy (non-hydrogen) atoms. The molecule has 0 saturated carbocycles. The first-order valence-electron chi connectivity index (χ1n) is 13.1. The number of anilines is 1. The van der Waals surface area contributed by atoms with Crippen LogP contribution in [0.5, 0.6) is 0 Å². The van der Waals surface area contributed by atoms with Crippen molar-refractivity contribution in [3.63, 3.8) is 0 Å². The molecule has 0 radical (unpaired) electrons. The third-order valence-corrected chi connectivity index (χ3v) is 8.67. The summed E-state index contributed by atoms with van der Waals surface area (Å²) in [6, 6.07) is 1.81. The third-order valence-electron chi connectivity index (χ3n) is 7.46. The number of hydrogen-bond donors (Lipinski definition) is 1. The van der Waals surface area contributed by atoms with Crippen molar-refractivity contribution in [2.24, 2.45) is 14.1 Å². The molecule has 4 aromatic heterocycles. The van der Waals surface area contributed by atoms with Gasteiger partial charge in [-0.3, -0.25) is 14.2 Å². The Morgan fingerprint density at radius 1 is 1.11 bits per heavy atom. The van der Waals surface area contributed by atoms with Crippen molar-refractivity contribution in [2.75, 3.05) is 5.32 Å². The zero-order valence-corrected chi connectivity index (χ0v) is 23.9. The standard InChI is InChI=1S/C28H34N6O3S/c1-8-14(2)37-28(36)24-18-11-9-10-12-21(18)38-27(24)30-26(35)19-13-20(22-15(3)31-33(6)17(22)5)29-25-23(19)16(4)32-34(25)7/h13-14H,8-12H2,1-7H3,(H,30,35)/t14-/m1/s1. The summed E-state index contributed by atoms with van der Waals surface area (Å²) in [5.41, 5.74) is 6.68. The molecule has 0 bridgehead atoms. The second kappa shape index (κ2) is 9.98. The van der Waals surface area contributed by atoms with Crippen molar-refractivity contribution in [1.29, 1.82) is 0 Å². The first-order chi connectivity index (χ1) is 18.1. The van der Waals surface area contributed by atoms with Gasteiger partial charge in [0.05, 0.1) is 39.7 Å². The summed E-state index contributed by atoms with van der Waals surface area (Å²) < 4.78 is 9.23. The van der Waals surface area contributed by atoms with Crippen molar-refractivity contribution in [3.05, 3.63) is 44.7 Å². The average molecular weight is 535 g/mol. The van der Waals surface area contributed by atoms with E-state index in [1.807, 2.05) is 59.5 Å². The van der Waals surface area contributed by atoms with Gasteiger partial charge < -0.3 is 10.1 Å². The smallest absolute Gasteiger partial charge is 0.341 e. The number of pyridine rings is 1. The quantitative estimate of drug-likeness (QED) is 0.330. The van der Waals surface area contributed by atoms with Crippen molar-refractivity contribution in [1.82, 2.24) is 24.5 Å². The van der Waals surface area contributed by atoms with Crippen LogP contribution < -0.4 is 5.32 Å². The predicted molar refractivity (Wildman–Crippen MR) is 149 cm³/mol. The summed E-state index contributed by atoms with van der Waals surface area (Å²) in [7, 11) is 3.72. The van der Waals surface area contributed by atoms with Crippen LogP contribution in [0.1, 0.15) is 81.3 Å². The first kappa shape index (κ1) is 26.1. The van der Waals surface area contributed by atoms with E-state index in [0.717, 1.165) is 59.5 Å². The summed E-state index contributed by atoms with van der Waals surface area (Å²) in [5.74, 6) is -0.668.